The van der Waals surface area contributed by atoms with Gasteiger partial charge in [0.05, 0.1) is 0 Å². The minimum atomic E-state index is 0.146. The van der Waals surface area contributed by atoms with Crippen molar-refractivity contribution in [2.45, 2.75) is 43.7 Å². The van der Waals surface area contributed by atoms with E-state index in [1.807, 2.05) is 19.0 Å². The third-order valence-electron chi connectivity index (χ3n) is 5.10. The fraction of sp³-hybridized carbons (Fsp3) is 0.933. The van der Waals surface area contributed by atoms with Gasteiger partial charge in [-0.2, -0.15) is 0 Å². The van der Waals surface area contributed by atoms with Crippen LogP contribution in [0.4, 0.5) is 4.79 Å². The molecule has 2 fully saturated rings. The third-order valence-corrected chi connectivity index (χ3v) is 5.10. The number of nitrogens with zero attached hydrogens (tertiary/aromatic N) is 3. The van der Waals surface area contributed by atoms with Crippen molar-refractivity contribution in [3.63, 3.8) is 0 Å². The molecule has 0 aromatic heterocycles. The van der Waals surface area contributed by atoms with Crippen LogP contribution in [0.15, 0.2) is 0 Å². The van der Waals surface area contributed by atoms with Crippen LogP contribution in [-0.4, -0.2) is 80.1 Å². The lowest BCUT2D eigenvalue weighted by molar-refractivity contribution is 0.0539. The highest BCUT2D eigenvalue weighted by Crippen LogP contribution is 2.35. The number of urea groups is 1. The van der Waals surface area contributed by atoms with Gasteiger partial charge in [0.25, 0.3) is 0 Å². The number of hydrogen-bond acceptors (Lipinski definition) is 3. The lowest BCUT2D eigenvalue weighted by Crippen LogP contribution is -2.58. The summed E-state index contributed by atoms with van der Waals surface area (Å²) in [5.41, 5.74) is 0.386. The number of rotatable bonds is 4. The molecule has 1 aliphatic heterocycles. The summed E-state index contributed by atoms with van der Waals surface area (Å²) in [7, 11) is 8.03. The maximum Gasteiger partial charge on any atom is 0.319 e. The predicted molar refractivity (Wildman–Crippen MR) is 81.9 cm³/mol. The maximum atomic E-state index is 11.9. The smallest absolute Gasteiger partial charge is 0.319 e. The standard InChI is InChI=1S/C15H30N4O/c1-17(2)14(20)19-10-6-13(7-11-19)16-12-15(18(3)4)8-5-9-15/h13,16H,5-12H2,1-4H3. The molecule has 5 nitrogen and oxygen atoms in total. The van der Waals surface area contributed by atoms with E-state index >= 15 is 0 Å². The summed E-state index contributed by atoms with van der Waals surface area (Å²) >= 11 is 0. The van der Waals surface area contributed by atoms with Crippen molar-refractivity contribution in [2.75, 3.05) is 47.8 Å². The monoisotopic (exact) mass is 282 g/mol. The Kier molecular flexibility index (Phi) is 4.91. The Hall–Kier alpha value is -0.810. The summed E-state index contributed by atoms with van der Waals surface area (Å²) in [6, 6.07) is 0.714. The number of amides is 2. The van der Waals surface area contributed by atoms with E-state index in [1.165, 1.54) is 19.3 Å². The van der Waals surface area contributed by atoms with Gasteiger partial charge in [0, 0.05) is 45.3 Å². The summed E-state index contributed by atoms with van der Waals surface area (Å²) in [4.78, 5) is 17.9. The highest BCUT2D eigenvalue weighted by molar-refractivity contribution is 5.73. The lowest BCUT2D eigenvalue weighted by atomic mass is 9.75. The number of carbonyl (C=O) groups is 1. The first-order valence-electron chi connectivity index (χ1n) is 7.82. The van der Waals surface area contributed by atoms with Crippen LogP contribution in [0.2, 0.25) is 0 Å². The Morgan fingerprint density at radius 1 is 1.20 bits per heavy atom. The molecule has 0 spiro atoms. The summed E-state index contributed by atoms with van der Waals surface area (Å²) in [5.74, 6) is 0. The number of carbonyl (C=O) groups excluding carboxylic acids is 1. The molecule has 1 aliphatic carbocycles. The van der Waals surface area contributed by atoms with Crippen LogP contribution in [-0.2, 0) is 0 Å². The second-order valence-electron chi connectivity index (χ2n) is 6.79. The second kappa shape index (κ2) is 6.31. The molecule has 5 heteroatoms. The molecular formula is C15H30N4O. The zero-order valence-corrected chi connectivity index (χ0v) is 13.5. The van der Waals surface area contributed by atoms with Gasteiger partial charge in [-0.05, 0) is 46.2 Å². The highest BCUT2D eigenvalue weighted by atomic mass is 16.2. The molecule has 116 valence electrons. The minimum Gasteiger partial charge on any atom is -0.331 e. The van der Waals surface area contributed by atoms with E-state index in [0.717, 1.165) is 32.5 Å². The van der Waals surface area contributed by atoms with Crippen molar-refractivity contribution in [3.05, 3.63) is 0 Å². The van der Waals surface area contributed by atoms with Gasteiger partial charge < -0.3 is 20.0 Å². The SMILES string of the molecule is CN(C)C(=O)N1CCC(NCC2(N(C)C)CCC2)CC1. The molecule has 2 rings (SSSR count). The Balaban J connectivity index is 1.73. The first kappa shape index (κ1) is 15.6. The van der Waals surface area contributed by atoms with Gasteiger partial charge in [-0.1, -0.05) is 0 Å². The van der Waals surface area contributed by atoms with Gasteiger partial charge in [-0.25, -0.2) is 4.79 Å². The van der Waals surface area contributed by atoms with Crippen LogP contribution >= 0.6 is 0 Å². The summed E-state index contributed by atoms with van der Waals surface area (Å²) in [6.07, 6.45) is 6.12. The summed E-state index contributed by atoms with van der Waals surface area (Å²) in [5, 5.41) is 3.74. The van der Waals surface area contributed by atoms with Crippen molar-refractivity contribution in [1.82, 2.24) is 20.0 Å². The molecule has 0 unspecified atom stereocenters. The molecular weight excluding hydrogens is 252 g/mol. The predicted octanol–water partition coefficient (Wildman–Crippen LogP) is 1.21. The van der Waals surface area contributed by atoms with E-state index in [4.69, 9.17) is 0 Å². The highest BCUT2D eigenvalue weighted by Gasteiger charge is 2.39. The van der Waals surface area contributed by atoms with Gasteiger partial charge in [0.1, 0.15) is 0 Å². The maximum absolute atomic E-state index is 11.9. The molecule has 1 heterocycles. The quantitative estimate of drug-likeness (QED) is 0.842. The summed E-state index contributed by atoms with van der Waals surface area (Å²) < 4.78 is 0. The van der Waals surface area contributed by atoms with Gasteiger partial charge in [-0.15, -0.1) is 0 Å². The largest absolute Gasteiger partial charge is 0.331 e. The fourth-order valence-electron chi connectivity index (χ4n) is 3.26. The normalized spacial score (nSPS) is 22.8. The number of hydrogen-bond donors (Lipinski definition) is 1. The van der Waals surface area contributed by atoms with Gasteiger partial charge in [-0.3, -0.25) is 0 Å². The van der Waals surface area contributed by atoms with Crippen LogP contribution < -0.4 is 5.32 Å². The molecule has 0 atom stereocenters. The van der Waals surface area contributed by atoms with Crippen molar-refractivity contribution >= 4 is 6.03 Å². The van der Waals surface area contributed by atoms with E-state index in [2.05, 4.69) is 24.3 Å². The summed E-state index contributed by atoms with van der Waals surface area (Å²) in [6.45, 7) is 2.85. The van der Waals surface area contributed by atoms with Crippen LogP contribution in [0.5, 0.6) is 0 Å². The van der Waals surface area contributed by atoms with E-state index in [9.17, 15) is 4.79 Å². The number of nitrogens with one attached hydrogen (secondary N) is 1. The van der Waals surface area contributed by atoms with E-state index in [-0.39, 0.29) is 6.03 Å². The molecule has 20 heavy (non-hydrogen) atoms. The van der Waals surface area contributed by atoms with Crippen LogP contribution in [0.1, 0.15) is 32.1 Å². The lowest BCUT2D eigenvalue weighted by Gasteiger charge is -2.48. The van der Waals surface area contributed by atoms with Crippen LogP contribution in [0, 0.1) is 0 Å². The molecule has 0 radical (unpaired) electrons. The van der Waals surface area contributed by atoms with Crippen LogP contribution in [0.25, 0.3) is 0 Å². The fourth-order valence-corrected chi connectivity index (χ4v) is 3.26. The van der Waals surface area contributed by atoms with Gasteiger partial charge >= 0.3 is 6.03 Å². The Morgan fingerprint density at radius 3 is 2.20 bits per heavy atom. The minimum absolute atomic E-state index is 0.146. The zero-order chi connectivity index (χ0) is 14.8. The van der Waals surface area contributed by atoms with E-state index in [1.54, 1.807) is 4.90 Å². The molecule has 1 saturated heterocycles. The van der Waals surface area contributed by atoms with Crippen molar-refractivity contribution in [2.24, 2.45) is 0 Å². The molecule has 0 bridgehead atoms. The Morgan fingerprint density at radius 2 is 1.80 bits per heavy atom. The zero-order valence-electron chi connectivity index (χ0n) is 13.5. The van der Waals surface area contributed by atoms with Crippen LogP contribution in [0.3, 0.4) is 0 Å². The molecule has 0 aromatic carbocycles. The topological polar surface area (TPSA) is 38.8 Å². The van der Waals surface area contributed by atoms with Gasteiger partial charge in [0.2, 0.25) is 0 Å². The Bertz CT molecular complexity index is 331. The average molecular weight is 282 g/mol. The number of piperidine rings is 1. The van der Waals surface area contributed by atoms with Crippen molar-refractivity contribution < 1.29 is 4.79 Å². The van der Waals surface area contributed by atoms with E-state index in [0.29, 0.717) is 11.6 Å². The second-order valence-corrected chi connectivity index (χ2v) is 6.79. The van der Waals surface area contributed by atoms with Crippen molar-refractivity contribution in [1.29, 1.82) is 0 Å². The Labute approximate surface area is 123 Å². The molecule has 2 amide bonds. The molecule has 0 aromatic rings. The van der Waals surface area contributed by atoms with E-state index < -0.39 is 0 Å². The average Bonchev–Trinajstić information content (AvgIpc) is 2.36. The molecule has 2 aliphatic rings. The third kappa shape index (κ3) is 3.26. The number of likely N-dealkylation sites (tertiary alicyclic amines) is 1. The van der Waals surface area contributed by atoms with Crippen molar-refractivity contribution in [3.8, 4) is 0 Å². The first-order chi connectivity index (χ1) is 9.44. The molecule has 1 saturated carbocycles. The van der Waals surface area contributed by atoms with Gasteiger partial charge in [0.15, 0.2) is 0 Å². The number of likely N-dealkylation sites (N-methyl/N-ethyl adjacent to an activating group) is 1. The molecule has 1 N–H and O–H groups in total. The first-order valence-corrected chi connectivity index (χ1v) is 7.82.